The summed E-state index contributed by atoms with van der Waals surface area (Å²) in [6.07, 6.45) is 24.3. The maximum absolute atomic E-state index is 3.90. The molecule has 0 aliphatic heterocycles. The van der Waals surface area contributed by atoms with Crippen LogP contribution in [0, 0.1) is 12.8 Å². The highest BCUT2D eigenvalue weighted by molar-refractivity contribution is 4.52. The second kappa shape index (κ2) is 18.1. The molecule has 0 aromatic rings. The van der Waals surface area contributed by atoms with Crippen LogP contribution in [-0.2, 0) is 0 Å². The summed E-state index contributed by atoms with van der Waals surface area (Å²) < 4.78 is 0. The molecule has 0 spiro atoms. The molecular weight excluding hydrogens is 252 g/mol. The van der Waals surface area contributed by atoms with E-state index in [2.05, 4.69) is 20.8 Å². The van der Waals surface area contributed by atoms with Crippen molar-refractivity contribution >= 4 is 0 Å². The molecule has 127 valence electrons. The van der Waals surface area contributed by atoms with Gasteiger partial charge in [0.05, 0.1) is 0 Å². The highest BCUT2D eigenvalue weighted by atomic mass is 14.0. The van der Waals surface area contributed by atoms with E-state index in [0.717, 1.165) is 12.3 Å². The van der Waals surface area contributed by atoms with Crippen LogP contribution < -0.4 is 0 Å². The first-order valence-electron chi connectivity index (χ1n) is 10.1. The lowest BCUT2D eigenvalue weighted by Gasteiger charge is -2.07. The molecule has 0 heteroatoms. The maximum atomic E-state index is 3.90. The monoisotopic (exact) mass is 295 g/mol. The summed E-state index contributed by atoms with van der Waals surface area (Å²) in [6.45, 7) is 8.60. The van der Waals surface area contributed by atoms with E-state index < -0.39 is 0 Å². The zero-order valence-electron chi connectivity index (χ0n) is 15.3. The van der Waals surface area contributed by atoms with Crippen molar-refractivity contribution in [3.63, 3.8) is 0 Å². The molecule has 1 atom stereocenters. The second-order valence-corrected chi connectivity index (χ2v) is 7.11. The quantitative estimate of drug-likeness (QED) is 0.238. The molecule has 0 aromatic heterocycles. The van der Waals surface area contributed by atoms with E-state index in [1.165, 1.54) is 103 Å². The lowest BCUT2D eigenvalue weighted by atomic mass is 9.99. The van der Waals surface area contributed by atoms with E-state index >= 15 is 0 Å². The molecule has 0 N–H and O–H groups in total. The van der Waals surface area contributed by atoms with Crippen LogP contribution in [0.25, 0.3) is 0 Å². The lowest BCUT2D eigenvalue weighted by molar-refractivity contribution is 0.468. The normalized spacial score (nSPS) is 12.7. The largest absolute Gasteiger partial charge is 0.0651 e. The van der Waals surface area contributed by atoms with Crippen LogP contribution in [-0.4, -0.2) is 0 Å². The third kappa shape index (κ3) is 18.0. The zero-order chi connectivity index (χ0) is 15.6. The summed E-state index contributed by atoms with van der Waals surface area (Å²) in [4.78, 5) is 0. The average Bonchev–Trinajstić information content (AvgIpc) is 2.50. The minimum Gasteiger partial charge on any atom is -0.0651 e. The van der Waals surface area contributed by atoms with Gasteiger partial charge in [-0.15, -0.1) is 0 Å². The Morgan fingerprint density at radius 3 is 1.24 bits per heavy atom. The highest BCUT2D eigenvalue weighted by Crippen LogP contribution is 2.15. The fourth-order valence-corrected chi connectivity index (χ4v) is 3.00. The topological polar surface area (TPSA) is 0 Å². The minimum atomic E-state index is 0.948. The van der Waals surface area contributed by atoms with E-state index in [-0.39, 0.29) is 0 Å². The molecule has 0 bridgehead atoms. The van der Waals surface area contributed by atoms with Gasteiger partial charge in [-0.3, -0.25) is 0 Å². The molecule has 0 aliphatic carbocycles. The Balaban J connectivity index is 2.96. The number of rotatable bonds is 17. The molecule has 1 radical (unpaired) electrons. The minimum absolute atomic E-state index is 0.948. The predicted octanol–water partition coefficient (Wildman–Crippen LogP) is 8.11. The summed E-state index contributed by atoms with van der Waals surface area (Å²) in [5, 5.41) is 0. The first-order chi connectivity index (χ1) is 10.3. The Labute approximate surface area is 136 Å². The molecule has 21 heavy (non-hydrogen) atoms. The van der Waals surface area contributed by atoms with Gasteiger partial charge >= 0.3 is 0 Å². The van der Waals surface area contributed by atoms with Gasteiger partial charge in [0.15, 0.2) is 0 Å². The van der Waals surface area contributed by atoms with Crippen molar-refractivity contribution in [3.8, 4) is 0 Å². The fraction of sp³-hybridized carbons (Fsp3) is 0.952. The molecule has 1 unspecified atom stereocenters. The van der Waals surface area contributed by atoms with E-state index in [0.29, 0.717) is 0 Å². The first kappa shape index (κ1) is 21.0. The summed E-state index contributed by atoms with van der Waals surface area (Å²) in [6, 6.07) is 0. The second-order valence-electron chi connectivity index (χ2n) is 7.11. The molecule has 0 heterocycles. The van der Waals surface area contributed by atoms with Crippen molar-refractivity contribution in [3.05, 3.63) is 6.92 Å². The number of unbranched alkanes of at least 4 members (excludes halogenated alkanes) is 14. The van der Waals surface area contributed by atoms with Gasteiger partial charge in [0.25, 0.3) is 0 Å². The van der Waals surface area contributed by atoms with Crippen molar-refractivity contribution in [1.82, 2.24) is 0 Å². The summed E-state index contributed by atoms with van der Waals surface area (Å²) >= 11 is 0. The third-order valence-corrected chi connectivity index (χ3v) is 4.89. The van der Waals surface area contributed by atoms with Gasteiger partial charge in [0.2, 0.25) is 0 Å². The molecule has 0 amide bonds. The number of hydrogen-bond acceptors (Lipinski definition) is 0. The predicted molar refractivity (Wildman–Crippen MR) is 98.7 cm³/mol. The van der Waals surface area contributed by atoms with Crippen molar-refractivity contribution < 1.29 is 0 Å². The Morgan fingerprint density at radius 1 is 0.571 bits per heavy atom. The van der Waals surface area contributed by atoms with Crippen molar-refractivity contribution in [2.45, 2.75) is 123 Å². The summed E-state index contributed by atoms with van der Waals surface area (Å²) in [5.74, 6) is 0.948. The van der Waals surface area contributed by atoms with Gasteiger partial charge < -0.3 is 0 Å². The van der Waals surface area contributed by atoms with E-state index in [1.807, 2.05) is 0 Å². The molecule has 0 saturated heterocycles. The first-order valence-corrected chi connectivity index (χ1v) is 10.1. The van der Waals surface area contributed by atoms with Crippen LogP contribution in [0.15, 0.2) is 0 Å². The van der Waals surface area contributed by atoms with Crippen LogP contribution in [0.3, 0.4) is 0 Å². The molecule has 0 fully saturated rings. The van der Waals surface area contributed by atoms with Crippen LogP contribution in [0.1, 0.15) is 123 Å². The highest BCUT2D eigenvalue weighted by Gasteiger charge is 1.98. The van der Waals surface area contributed by atoms with Gasteiger partial charge in [0, 0.05) is 0 Å². The summed E-state index contributed by atoms with van der Waals surface area (Å²) in [5.41, 5.74) is 0. The fourth-order valence-electron chi connectivity index (χ4n) is 3.00. The van der Waals surface area contributed by atoms with Crippen molar-refractivity contribution in [1.29, 1.82) is 0 Å². The van der Waals surface area contributed by atoms with Crippen molar-refractivity contribution in [2.24, 2.45) is 5.92 Å². The van der Waals surface area contributed by atoms with Gasteiger partial charge in [-0.25, -0.2) is 0 Å². The summed E-state index contributed by atoms with van der Waals surface area (Å²) in [7, 11) is 0. The zero-order valence-corrected chi connectivity index (χ0v) is 15.3. The Morgan fingerprint density at radius 2 is 0.905 bits per heavy atom. The smallest absolute Gasteiger partial charge is 0.0445 e. The number of hydrogen-bond donors (Lipinski definition) is 0. The van der Waals surface area contributed by atoms with E-state index in [1.54, 1.807) is 0 Å². The SMILES string of the molecule is [CH2]CCCCCCCCCCCCCCCCC(C)CC. The Hall–Kier alpha value is 0. The molecule has 0 nitrogen and oxygen atoms in total. The van der Waals surface area contributed by atoms with Gasteiger partial charge in [-0.2, -0.15) is 0 Å². The third-order valence-electron chi connectivity index (χ3n) is 4.89. The Kier molecular flexibility index (Phi) is 18.1. The average molecular weight is 296 g/mol. The van der Waals surface area contributed by atoms with Gasteiger partial charge in [-0.1, -0.05) is 130 Å². The van der Waals surface area contributed by atoms with Gasteiger partial charge in [-0.05, 0) is 5.92 Å². The molecule has 0 saturated carbocycles. The van der Waals surface area contributed by atoms with Crippen LogP contribution >= 0.6 is 0 Å². The lowest BCUT2D eigenvalue weighted by Crippen LogP contribution is -1.91. The Bertz CT molecular complexity index is 173. The van der Waals surface area contributed by atoms with Crippen LogP contribution in [0.4, 0.5) is 0 Å². The van der Waals surface area contributed by atoms with Gasteiger partial charge in [0.1, 0.15) is 0 Å². The molecular formula is C21H43. The molecule has 0 rings (SSSR count). The van der Waals surface area contributed by atoms with Crippen LogP contribution in [0.2, 0.25) is 0 Å². The van der Waals surface area contributed by atoms with Crippen LogP contribution in [0.5, 0.6) is 0 Å². The van der Waals surface area contributed by atoms with Crippen molar-refractivity contribution in [2.75, 3.05) is 0 Å². The molecule has 0 aliphatic rings. The standard InChI is InChI=1S/C21H43/c1-4-6-7-8-9-10-11-12-13-14-15-16-17-18-19-20-21(3)5-2/h21H,1,4-20H2,2-3H3. The molecule has 0 aromatic carbocycles. The maximum Gasteiger partial charge on any atom is -0.0445 e. The van der Waals surface area contributed by atoms with E-state index in [4.69, 9.17) is 0 Å². The van der Waals surface area contributed by atoms with E-state index in [9.17, 15) is 0 Å².